The summed E-state index contributed by atoms with van der Waals surface area (Å²) in [7, 11) is 6.34. The highest BCUT2D eigenvalue weighted by molar-refractivity contribution is 5.90. The number of aliphatic hydroxyl groups excluding tert-OH is 1. The molecule has 4 aromatic rings. The summed E-state index contributed by atoms with van der Waals surface area (Å²) < 4.78 is 22.3. The van der Waals surface area contributed by atoms with Crippen LogP contribution in [0.1, 0.15) is 17.2 Å². The lowest BCUT2D eigenvalue weighted by atomic mass is 9.90. The van der Waals surface area contributed by atoms with Gasteiger partial charge < -0.3 is 24.1 Å². The second-order valence-corrected chi connectivity index (χ2v) is 7.35. The molecule has 0 aromatic heterocycles. The Kier molecular flexibility index (Phi) is 6.19. The van der Waals surface area contributed by atoms with E-state index in [2.05, 4.69) is 24.3 Å². The van der Waals surface area contributed by atoms with Gasteiger partial charge >= 0.3 is 0 Å². The van der Waals surface area contributed by atoms with E-state index in [1.807, 2.05) is 42.5 Å². The molecule has 0 aliphatic carbocycles. The second kappa shape index (κ2) is 9.20. The van der Waals surface area contributed by atoms with E-state index in [-0.39, 0.29) is 0 Å². The molecular formula is C27H26O5. The van der Waals surface area contributed by atoms with Gasteiger partial charge in [0, 0.05) is 11.1 Å². The fraction of sp³-hybridized carbons (Fsp3) is 0.185. The Bertz CT molecular complexity index is 1230. The molecule has 1 atom stereocenters. The summed E-state index contributed by atoms with van der Waals surface area (Å²) in [6.07, 6.45) is -0.920. The summed E-state index contributed by atoms with van der Waals surface area (Å²) in [6, 6.07) is 23.5. The monoisotopic (exact) mass is 430 g/mol. The number of fused-ring (bicyclic) bond motifs is 1. The first-order valence-corrected chi connectivity index (χ1v) is 10.2. The molecule has 0 saturated carbocycles. The Morgan fingerprint density at radius 3 is 1.97 bits per heavy atom. The molecule has 32 heavy (non-hydrogen) atoms. The van der Waals surface area contributed by atoms with E-state index in [1.165, 1.54) is 0 Å². The van der Waals surface area contributed by atoms with Gasteiger partial charge in [-0.1, -0.05) is 48.5 Å². The van der Waals surface area contributed by atoms with Crippen LogP contribution in [-0.4, -0.2) is 33.5 Å². The van der Waals surface area contributed by atoms with Gasteiger partial charge in [-0.25, -0.2) is 0 Å². The lowest BCUT2D eigenvalue weighted by molar-refractivity contribution is 0.219. The average Bonchev–Trinajstić information content (AvgIpc) is 2.86. The van der Waals surface area contributed by atoms with E-state index >= 15 is 0 Å². The molecule has 0 saturated heterocycles. The van der Waals surface area contributed by atoms with Crippen LogP contribution in [0.4, 0.5) is 0 Å². The van der Waals surface area contributed by atoms with Gasteiger partial charge in [0.15, 0.2) is 11.5 Å². The van der Waals surface area contributed by atoms with Crippen LogP contribution in [0.25, 0.3) is 21.9 Å². The summed E-state index contributed by atoms with van der Waals surface area (Å²) in [5.41, 5.74) is 3.03. The zero-order valence-electron chi connectivity index (χ0n) is 18.6. The number of methoxy groups -OCH3 is 4. The van der Waals surface area contributed by atoms with Crippen molar-refractivity contribution in [1.29, 1.82) is 0 Å². The van der Waals surface area contributed by atoms with Crippen molar-refractivity contribution >= 4 is 10.8 Å². The Labute approximate surface area is 187 Å². The average molecular weight is 431 g/mol. The molecule has 164 valence electrons. The van der Waals surface area contributed by atoms with Gasteiger partial charge in [0.1, 0.15) is 11.9 Å². The normalized spacial score (nSPS) is 11.8. The minimum absolute atomic E-state index is 0.476. The van der Waals surface area contributed by atoms with Gasteiger partial charge in [0.25, 0.3) is 0 Å². The molecule has 1 N–H and O–H groups in total. The van der Waals surface area contributed by atoms with Crippen molar-refractivity contribution in [2.75, 3.05) is 28.4 Å². The highest BCUT2D eigenvalue weighted by Gasteiger charge is 2.26. The number of ether oxygens (including phenoxy) is 4. The molecule has 0 radical (unpaired) electrons. The van der Waals surface area contributed by atoms with E-state index in [9.17, 15) is 5.11 Å². The molecule has 0 spiro atoms. The Morgan fingerprint density at radius 1 is 0.656 bits per heavy atom. The fourth-order valence-corrected chi connectivity index (χ4v) is 4.00. The maximum absolute atomic E-state index is 11.4. The predicted molar refractivity (Wildman–Crippen MR) is 126 cm³/mol. The maximum atomic E-state index is 11.4. The minimum Gasteiger partial charge on any atom is -0.497 e. The second-order valence-electron chi connectivity index (χ2n) is 7.35. The van der Waals surface area contributed by atoms with Crippen LogP contribution >= 0.6 is 0 Å². The first-order chi connectivity index (χ1) is 15.6. The standard InChI is InChI=1S/C27H26O5/c1-29-21-13-11-18(12-14-21)25(28)22-16-23(30-2)26(31-3)27(32-4)24(22)20-10-9-17-7-5-6-8-19(17)15-20/h5-16,25,28H,1-4H3. The van der Waals surface area contributed by atoms with Gasteiger partial charge in [0.05, 0.1) is 28.4 Å². The number of hydrogen-bond donors (Lipinski definition) is 1. The minimum atomic E-state index is -0.920. The molecule has 4 aromatic carbocycles. The molecule has 5 nitrogen and oxygen atoms in total. The molecule has 0 aliphatic rings. The molecule has 0 heterocycles. The van der Waals surface area contributed by atoms with Crippen LogP contribution in [-0.2, 0) is 0 Å². The van der Waals surface area contributed by atoms with E-state index in [1.54, 1.807) is 34.5 Å². The number of hydrogen-bond acceptors (Lipinski definition) is 5. The van der Waals surface area contributed by atoms with Crippen LogP contribution in [0.5, 0.6) is 23.0 Å². The maximum Gasteiger partial charge on any atom is 0.203 e. The van der Waals surface area contributed by atoms with Gasteiger partial charge in [-0.3, -0.25) is 0 Å². The third kappa shape index (κ3) is 3.83. The van der Waals surface area contributed by atoms with Gasteiger partial charge in [-0.2, -0.15) is 0 Å². The summed E-state index contributed by atoms with van der Waals surface area (Å²) in [4.78, 5) is 0. The Morgan fingerprint density at radius 2 is 1.34 bits per heavy atom. The van der Waals surface area contributed by atoms with Crippen molar-refractivity contribution in [3.8, 4) is 34.1 Å². The van der Waals surface area contributed by atoms with E-state index in [0.29, 0.717) is 22.8 Å². The SMILES string of the molecule is COc1ccc(C(O)c2cc(OC)c(OC)c(OC)c2-c2ccc3ccccc3c2)cc1. The van der Waals surface area contributed by atoms with E-state index in [4.69, 9.17) is 18.9 Å². The van der Waals surface area contributed by atoms with Gasteiger partial charge in [-0.15, -0.1) is 0 Å². The van der Waals surface area contributed by atoms with Gasteiger partial charge in [0.2, 0.25) is 5.75 Å². The molecule has 1 unspecified atom stereocenters. The first-order valence-electron chi connectivity index (χ1n) is 10.2. The molecule has 0 bridgehead atoms. The molecular weight excluding hydrogens is 404 g/mol. The van der Waals surface area contributed by atoms with Crippen LogP contribution < -0.4 is 18.9 Å². The number of rotatable bonds is 7. The largest absolute Gasteiger partial charge is 0.497 e. The van der Waals surface area contributed by atoms with Crippen molar-refractivity contribution in [2.45, 2.75) is 6.10 Å². The quantitative estimate of drug-likeness (QED) is 0.412. The number of aliphatic hydroxyl groups is 1. The smallest absolute Gasteiger partial charge is 0.203 e. The molecule has 5 heteroatoms. The Balaban J connectivity index is 1.98. The predicted octanol–water partition coefficient (Wildman–Crippen LogP) is 5.62. The van der Waals surface area contributed by atoms with Crippen molar-refractivity contribution < 1.29 is 24.1 Å². The van der Waals surface area contributed by atoms with Crippen LogP contribution in [0, 0.1) is 0 Å². The summed E-state index contributed by atoms with van der Waals surface area (Å²) in [6.45, 7) is 0. The fourth-order valence-electron chi connectivity index (χ4n) is 4.00. The van der Waals surface area contributed by atoms with Crippen molar-refractivity contribution in [1.82, 2.24) is 0 Å². The van der Waals surface area contributed by atoms with Crippen LogP contribution in [0.15, 0.2) is 72.8 Å². The molecule has 0 fully saturated rings. The van der Waals surface area contributed by atoms with E-state index < -0.39 is 6.10 Å². The summed E-state index contributed by atoms with van der Waals surface area (Å²) in [5.74, 6) is 2.19. The summed E-state index contributed by atoms with van der Waals surface area (Å²) in [5, 5.41) is 13.6. The molecule has 0 aliphatic heterocycles. The zero-order chi connectivity index (χ0) is 22.7. The third-order valence-corrected chi connectivity index (χ3v) is 5.62. The first kappa shape index (κ1) is 21.5. The number of benzene rings is 4. The highest BCUT2D eigenvalue weighted by atomic mass is 16.5. The van der Waals surface area contributed by atoms with Crippen molar-refractivity contribution in [2.24, 2.45) is 0 Å². The van der Waals surface area contributed by atoms with E-state index in [0.717, 1.165) is 33.2 Å². The van der Waals surface area contributed by atoms with Crippen molar-refractivity contribution in [3.05, 3.63) is 83.9 Å². The van der Waals surface area contributed by atoms with Gasteiger partial charge in [-0.05, 0) is 46.2 Å². The topological polar surface area (TPSA) is 57.2 Å². The van der Waals surface area contributed by atoms with Crippen molar-refractivity contribution in [3.63, 3.8) is 0 Å². The van der Waals surface area contributed by atoms with Crippen LogP contribution in [0.2, 0.25) is 0 Å². The highest BCUT2D eigenvalue weighted by Crippen LogP contribution is 2.49. The molecule has 0 amide bonds. The lowest BCUT2D eigenvalue weighted by Crippen LogP contribution is -2.06. The lowest BCUT2D eigenvalue weighted by Gasteiger charge is -2.23. The molecule has 4 rings (SSSR count). The van der Waals surface area contributed by atoms with Crippen LogP contribution in [0.3, 0.4) is 0 Å². The zero-order valence-corrected chi connectivity index (χ0v) is 18.6. The Hall–Kier alpha value is -3.70. The summed E-state index contributed by atoms with van der Waals surface area (Å²) >= 11 is 0. The third-order valence-electron chi connectivity index (χ3n) is 5.62.